The van der Waals surface area contributed by atoms with Crippen molar-refractivity contribution in [1.82, 2.24) is 0 Å². The molecule has 0 saturated carbocycles. The van der Waals surface area contributed by atoms with Gasteiger partial charge in [0.1, 0.15) is 0 Å². The van der Waals surface area contributed by atoms with Crippen LogP contribution in [0.1, 0.15) is 64.2 Å². The van der Waals surface area contributed by atoms with Crippen LogP contribution in [0, 0.1) is 0 Å². The Kier molecular flexibility index (Phi) is 16.7. The summed E-state index contributed by atoms with van der Waals surface area (Å²) in [6.45, 7) is 0.711. The van der Waals surface area contributed by atoms with Crippen LogP contribution in [0.2, 0.25) is 0 Å². The molecule has 0 atom stereocenters. The van der Waals surface area contributed by atoms with Gasteiger partial charge in [0.25, 0.3) is 0 Å². The van der Waals surface area contributed by atoms with E-state index in [1.807, 2.05) is 0 Å². The number of aliphatic hydroxyl groups is 2. The molecule has 0 aromatic heterocycles. The first-order chi connectivity index (χ1) is 8.41. The van der Waals surface area contributed by atoms with Crippen molar-refractivity contribution in [1.29, 1.82) is 0 Å². The lowest BCUT2D eigenvalue weighted by Crippen LogP contribution is -1.87. The lowest BCUT2D eigenvalue weighted by molar-refractivity contribution is 0.282. The zero-order valence-electron chi connectivity index (χ0n) is 11.2. The van der Waals surface area contributed by atoms with Crippen molar-refractivity contribution in [3.63, 3.8) is 0 Å². The number of unbranched alkanes of at least 4 members (excludes halogenated alkanes) is 8. The second-order valence-corrected chi connectivity index (χ2v) is 6.00. The Morgan fingerprint density at radius 2 is 0.824 bits per heavy atom. The van der Waals surface area contributed by atoms with E-state index in [0.717, 1.165) is 12.8 Å². The quantitative estimate of drug-likeness (QED) is 0.368. The summed E-state index contributed by atoms with van der Waals surface area (Å²) < 4.78 is 0. The van der Waals surface area contributed by atoms with E-state index in [1.54, 1.807) is 8.58 Å². The van der Waals surface area contributed by atoms with Gasteiger partial charge in [0, 0.05) is 13.2 Å². The van der Waals surface area contributed by atoms with Gasteiger partial charge in [0.05, 0.1) is 0 Å². The van der Waals surface area contributed by atoms with Gasteiger partial charge in [0.2, 0.25) is 0 Å². The topological polar surface area (TPSA) is 40.5 Å². The molecule has 0 saturated heterocycles. The smallest absolute Gasteiger partial charge is 0.0431 e. The van der Waals surface area contributed by atoms with E-state index in [0.29, 0.717) is 13.2 Å². The highest BCUT2D eigenvalue weighted by molar-refractivity contribution is 7.37. The molecule has 0 aliphatic carbocycles. The van der Waals surface area contributed by atoms with Crippen molar-refractivity contribution in [3.8, 4) is 0 Å². The predicted octanol–water partition coefficient (Wildman–Crippen LogP) is 3.82. The van der Waals surface area contributed by atoms with Crippen LogP contribution in [0.3, 0.4) is 0 Å². The molecule has 2 nitrogen and oxygen atoms in total. The van der Waals surface area contributed by atoms with Crippen molar-refractivity contribution in [2.75, 3.05) is 25.5 Å². The van der Waals surface area contributed by atoms with Crippen LogP contribution in [0.4, 0.5) is 0 Å². The van der Waals surface area contributed by atoms with Crippen molar-refractivity contribution in [2.24, 2.45) is 0 Å². The third-order valence-corrected chi connectivity index (χ3v) is 4.21. The summed E-state index contributed by atoms with van der Waals surface area (Å²) in [6, 6.07) is 0. The molecule has 0 aromatic carbocycles. The van der Waals surface area contributed by atoms with E-state index >= 15 is 0 Å². The van der Waals surface area contributed by atoms with Gasteiger partial charge in [-0.1, -0.05) is 47.1 Å². The maximum absolute atomic E-state index is 8.63. The fourth-order valence-corrected chi connectivity index (χ4v) is 2.96. The highest BCUT2D eigenvalue weighted by Crippen LogP contribution is 2.17. The summed E-state index contributed by atoms with van der Waals surface area (Å²) in [7, 11) is 1.62. The van der Waals surface area contributed by atoms with Gasteiger partial charge in [0.15, 0.2) is 0 Å². The van der Waals surface area contributed by atoms with E-state index in [4.69, 9.17) is 10.2 Å². The molecule has 0 heterocycles. The summed E-state index contributed by atoms with van der Waals surface area (Å²) >= 11 is 0. The molecule has 0 rings (SSSR count). The largest absolute Gasteiger partial charge is 0.396 e. The molecule has 0 spiro atoms. The van der Waals surface area contributed by atoms with Gasteiger partial charge in [-0.15, -0.1) is 0 Å². The van der Waals surface area contributed by atoms with Gasteiger partial charge < -0.3 is 10.2 Å². The normalized spacial score (nSPS) is 10.9. The summed E-state index contributed by atoms with van der Waals surface area (Å²) in [5.74, 6) is 0. The van der Waals surface area contributed by atoms with Gasteiger partial charge in [-0.2, -0.15) is 0 Å². The van der Waals surface area contributed by atoms with Crippen LogP contribution in [0.15, 0.2) is 0 Å². The number of rotatable bonds is 14. The third-order valence-electron chi connectivity index (χ3n) is 2.95. The molecule has 103 valence electrons. The van der Waals surface area contributed by atoms with Gasteiger partial charge in [-0.3, -0.25) is 0 Å². The second-order valence-electron chi connectivity index (χ2n) is 4.65. The first-order valence-electron chi connectivity index (χ1n) is 7.26. The van der Waals surface area contributed by atoms with Crippen molar-refractivity contribution in [2.45, 2.75) is 64.2 Å². The van der Waals surface area contributed by atoms with Crippen LogP contribution < -0.4 is 0 Å². The van der Waals surface area contributed by atoms with Gasteiger partial charge >= 0.3 is 0 Å². The first-order valence-corrected chi connectivity index (χ1v) is 8.53. The standard InChI is InChI=1S/C14H30O2P/c15-11-7-3-1-5-9-13-17-14-10-6-2-4-8-12-16/h15-16H,1-14H2. The Morgan fingerprint density at radius 1 is 0.471 bits per heavy atom. The number of hydrogen-bond donors (Lipinski definition) is 2. The summed E-state index contributed by atoms with van der Waals surface area (Å²) in [6.07, 6.45) is 15.0. The Labute approximate surface area is 109 Å². The Balaban J connectivity index is 2.85. The third kappa shape index (κ3) is 16.4. The average molecular weight is 261 g/mol. The summed E-state index contributed by atoms with van der Waals surface area (Å²) in [5.41, 5.74) is 0. The van der Waals surface area contributed by atoms with Crippen molar-refractivity contribution < 1.29 is 10.2 Å². The molecule has 0 aliphatic rings. The van der Waals surface area contributed by atoms with E-state index in [2.05, 4.69) is 0 Å². The minimum Gasteiger partial charge on any atom is -0.396 e. The monoisotopic (exact) mass is 261 g/mol. The summed E-state index contributed by atoms with van der Waals surface area (Å²) in [5, 5.41) is 17.3. The molecule has 0 amide bonds. The molecule has 3 heteroatoms. The van der Waals surface area contributed by atoms with Crippen LogP contribution in [-0.4, -0.2) is 35.8 Å². The number of hydrogen-bond acceptors (Lipinski definition) is 2. The van der Waals surface area contributed by atoms with E-state index in [9.17, 15) is 0 Å². The minimum absolute atomic E-state index is 0.356. The lowest BCUT2D eigenvalue weighted by Gasteiger charge is -2.02. The maximum atomic E-state index is 8.63. The zero-order valence-corrected chi connectivity index (χ0v) is 12.1. The minimum atomic E-state index is 0.356. The van der Waals surface area contributed by atoms with Crippen LogP contribution in [0.5, 0.6) is 0 Å². The van der Waals surface area contributed by atoms with Gasteiger partial charge in [-0.05, 0) is 38.0 Å². The molecule has 0 aromatic rings. The zero-order chi connectivity index (χ0) is 12.6. The van der Waals surface area contributed by atoms with Gasteiger partial charge in [-0.25, -0.2) is 0 Å². The molecular weight excluding hydrogens is 231 g/mol. The Hall–Kier alpha value is 0.350. The SMILES string of the molecule is OCCCCCCC[P]CCCCCCCO. The molecule has 0 bridgehead atoms. The van der Waals surface area contributed by atoms with Crippen LogP contribution >= 0.6 is 8.58 Å². The second kappa shape index (κ2) is 16.4. The fourth-order valence-electron chi connectivity index (χ4n) is 1.84. The molecule has 2 N–H and O–H groups in total. The fraction of sp³-hybridized carbons (Fsp3) is 1.00. The van der Waals surface area contributed by atoms with Crippen molar-refractivity contribution in [3.05, 3.63) is 0 Å². The highest BCUT2D eigenvalue weighted by Gasteiger charge is 1.93. The molecule has 0 fully saturated rings. The molecule has 17 heavy (non-hydrogen) atoms. The highest BCUT2D eigenvalue weighted by atomic mass is 31.1. The molecule has 0 aliphatic heterocycles. The van der Waals surface area contributed by atoms with E-state index in [1.165, 1.54) is 63.7 Å². The predicted molar refractivity (Wildman–Crippen MR) is 77.0 cm³/mol. The first kappa shape index (κ1) is 17.4. The number of aliphatic hydroxyl groups excluding tert-OH is 2. The molecular formula is C14H30O2P. The van der Waals surface area contributed by atoms with Crippen LogP contribution in [0.25, 0.3) is 0 Å². The van der Waals surface area contributed by atoms with Crippen molar-refractivity contribution >= 4 is 8.58 Å². The lowest BCUT2D eigenvalue weighted by atomic mass is 10.2. The maximum Gasteiger partial charge on any atom is 0.0431 e. The molecule has 1 radical (unpaired) electrons. The van der Waals surface area contributed by atoms with E-state index in [-0.39, 0.29) is 0 Å². The van der Waals surface area contributed by atoms with Crippen LogP contribution in [-0.2, 0) is 0 Å². The average Bonchev–Trinajstić information content (AvgIpc) is 2.35. The Bertz CT molecular complexity index is 117. The van der Waals surface area contributed by atoms with E-state index < -0.39 is 0 Å². The Morgan fingerprint density at radius 3 is 1.24 bits per heavy atom. The summed E-state index contributed by atoms with van der Waals surface area (Å²) in [4.78, 5) is 0. The molecule has 0 unspecified atom stereocenters.